The van der Waals surface area contributed by atoms with E-state index in [2.05, 4.69) is 10.6 Å². The van der Waals surface area contributed by atoms with Gasteiger partial charge < -0.3 is 15.1 Å². The summed E-state index contributed by atoms with van der Waals surface area (Å²) in [6.07, 6.45) is 0. The van der Waals surface area contributed by atoms with E-state index in [1.54, 1.807) is 20.2 Å². The topological polar surface area (TPSA) is 76.3 Å². The molecule has 2 aromatic rings. The maximum Gasteiger partial charge on any atom is 0.419 e. The van der Waals surface area contributed by atoms with Crippen molar-refractivity contribution in [2.75, 3.05) is 13.6 Å². The molecule has 1 heterocycles. The molecule has 18 heavy (non-hydrogen) atoms. The van der Waals surface area contributed by atoms with Gasteiger partial charge in [0.2, 0.25) is 5.91 Å². The van der Waals surface area contributed by atoms with Crippen molar-refractivity contribution in [1.29, 1.82) is 0 Å². The van der Waals surface area contributed by atoms with Crippen molar-refractivity contribution in [3.8, 4) is 0 Å². The van der Waals surface area contributed by atoms with Gasteiger partial charge in [-0.1, -0.05) is 6.07 Å². The third-order valence-electron chi connectivity index (χ3n) is 2.68. The van der Waals surface area contributed by atoms with E-state index in [0.717, 1.165) is 11.1 Å². The molecule has 0 aliphatic rings. The number of rotatable bonds is 4. The fourth-order valence-electron chi connectivity index (χ4n) is 1.71. The van der Waals surface area contributed by atoms with Gasteiger partial charge in [-0.15, -0.1) is 0 Å². The van der Waals surface area contributed by atoms with Crippen LogP contribution in [0.4, 0.5) is 0 Å². The quantitative estimate of drug-likeness (QED) is 0.797. The predicted molar refractivity (Wildman–Crippen MR) is 67.2 cm³/mol. The molecule has 0 fully saturated rings. The Morgan fingerprint density at radius 1 is 1.44 bits per heavy atom. The zero-order chi connectivity index (χ0) is 13.1. The SMILES string of the molecule is CNCC(=O)NCc1ccc2oc(=O)n(C)c2c1. The smallest absolute Gasteiger partial charge is 0.408 e. The first kappa shape index (κ1) is 12.4. The number of oxazole rings is 1. The van der Waals surface area contributed by atoms with Crippen LogP contribution in [0.2, 0.25) is 0 Å². The largest absolute Gasteiger partial charge is 0.419 e. The number of nitrogens with zero attached hydrogens (tertiary/aromatic N) is 1. The van der Waals surface area contributed by atoms with Crippen molar-refractivity contribution in [2.45, 2.75) is 6.54 Å². The first-order chi connectivity index (χ1) is 8.61. The van der Waals surface area contributed by atoms with Gasteiger partial charge in [0, 0.05) is 13.6 Å². The lowest BCUT2D eigenvalue weighted by Crippen LogP contribution is -2.31. The Balaban J connectivity index is 2.17. The molecular formula is C12H15N3O3. The molecule has 96 valence electrons. The molecule has 0 aliphatic heterocycles. The van der Waals surface area contributed by atoms with Crippen LogP contribution in [-0.2, 0) is 18.4 Å². The van der Waals surface area contributed by atoms with E-state index in [0.29, 0.717) is 12.1 Å². The zero-order valence-corrected chi connectivity index (χ0v) is 10.3. The van der Waals surface area contributed by atoms with Gasteiger partial charge in [-0.3, -0.25) is 9.36 Å². The van der Waals surface area contributed by atoms with Gasteiger partial charge in [-0.05, 0) is 24.7 Å². The molecule has 0 aliphatic carbocycles. The number of benzene rings is 1. The summed E-state index contributed by atoms with van der Waals surface area (Å²) < 4.78 is 6.47. The average Bonchev–Trinajstić information content (AvgIpc) is 2.63. The highest BCUT2D eigenvalue weighted by molar-refractivity contribution is 5.78. The molecule has 0 bridgehead atoms. The van der Waals surface area contributed by atoms with Gasteiger partial charge in [0.25, 0.3) is 0 Å². The molecule has 0 saturated heterocycles. The van der Waals surface area contributed by atoms with Crippen LogP contribution in [0.1, 0.15) is 5.56 Å². The van der Waals surface area contributed by atoms with Crippen molar-refractivity contribution >= 4 is 17.0 Å². The van der Waals surface area contributed by atoms with E-state index < -0.39 is 0 Å². The molecule has 0 saturated carbocycles. The second-order valence-corrected chi connectivity index (χ2v) is 4.04. The van der Waals surface area contributed by atoms with Gasteiger partial charge in [0.1, 0.15) is 0 Å². The fraction of sp³-hybridized carbons (Fsp3) is 0.333. The molecule has 2 N–H and O–H groups in total. The molecule has 6 nitrogen and oxygen atoms in total. The normalized spacial score (nSPS) is 10.8. The Morgan fingerprint density at radius 3 is 2.94 bits per heavy atom. The highest BCUT2D eigenvalue weighted by Gasteiger charge is 2.06. The van der Waals surface area contributed by atoms with Gasteiger partial charge in [0.05, 0.1) is 12.1 Å². The van der Waals surface area contributed by atoms with E-state index in [9.17, 15) is 9.59 Å². The van der Waals surface area contributed by atoms with Gasteiger partial charge in [-0.25, -0.2) is 4.79 Å². The second kappa shape index (κ2) is 5.05. The van der Waals surface area contributed by atoms with Crippen LogP contribution < -0.4 is 16.4 Å². The Hall–Kier alpha value is -2.08. The number of likely N-dealkylation sites (N-methyl/N-ethyl adjacent to an activating group) is 1. The average molecular weight is 249 g/mol. The lowest BCUT2D eigenvalue weighted by Gasteiger charge is -2.05. The third kappa shape index (κ3) is 2.43. The molecule has 0 spiro atoms. The highest BCUT2D eigenvalue weighted by Crippen LogP contribution is 2.13. The summed E-state index contributed by atoms with van der Waals surface area (Å²) in [6.45, 7) is 0.711. The summed E-state index contributed by atoms with van der Waals surface area (Å²) in [5, 5.41) is 5.54. The van der Waals surface area contributed by atoms with Crippen LogP contribution in [0.5, 0.6) is 0 Å². The van der Waals surface area contributed by atoms with E-state index in [-0.39, 0.29) is 18.2 Å². The standard InChI is InChI=1S/C12H15N3O3/c1-13-7-11(16)14-6-8-3-4-10-9(5-8)15(2)12(17)18-10/h3-5,13H,6-7H2,1-2H3,(H,14,16). The molecule has 1 aromatic heterocycles. The van der Waals surface area contributed by atoms with Gasteiger partial charge in [0.15, 0.2) is 5.58 Å². The van der Waals surface area contributed by atoms with Gasteiger partial charge in [-0.2, -0.15) is 0 Å². The van der Waals surface area contributed by atoms with Crippen molar-refractivity contribution in [2.24, 2.45) is 7.05 Å². The number of nitrogens with one attached hydrogen (secondary N) is 2. The number of amides is 1. The van der Waals surface area contributed by atoms with Crippen molar-refractivity contribution in [1.82, 2.24) is 15.2 Å². The van der Waals surface area contributed by atoms with Crippen molar-refractivity contribution in [3.63, 3.8) is 0 Å². The molecule has 0 atom stereocenters. The number of fused-ring (bicyclic) bond motifs is 1. The Morgan fingerprint density at radius 2 is 2.22 bits per heavy atom. The minimum atomic E-state index is -0.388. The van der Waals surface area contributed by atoms with Crippen molar-refractivity contribution < 1.29 is 9.21 Å². The molecule has 0 unspecified atom stereocenters. The lowest BCUT2D eigenvalue weighted by atomic mass is 10.2. The number of aromatic nitrogens is 1. The molecule has 1 amide bonds. The third-order valence-corrected chi connectivity index (χ3v) is 2.68. The Labute approximate surface area is 104 Å². The minimum Gasteiger partial charge on any atom is -0.408 e. The predicted octanol–water partition coefficient (Wildman–Crippen LogP) is -0.0329. The first-order valence-electron chi connectivity index (χ1n) is 5.61. The Kier molecular flexibility index (Phi) is 3.47. The van der Waals surface area contributed by atoms with E-state index in [4.69, 9.17) is 4.42 Å². The minimum absolute atomic E-state index is 0.0707. The molecule has 6 heteroatoms. The number of carbonyl (C=O) groups excluding carboxylic acids is 1. The maximum atomic E-state index is 11.3. The molecule has 2 rings (SSSR count). The Bertz CT molecular complexity index is 627. The van der Waals surface area contributed by atoms with Gasteiger partial charge >= 0.3 is 5.76 Å². The van der Waals surface area contributed by atoms with Crippen LogP contribution in [0, 0.1) is 0 Å². The summed E-state index contributed by atoms with van der Waals surface area (Å²) in [5.74, 6) is -0.458. The number of aryl methyl sites for hydroxylation is 1. The number of carbonyl (C=O) groups is 1. The monoisotopic (exact) mass is 249 g/mol. The molecule has 0 radical (unpaired) electrons. The lowest BCUT2D eigenvalue weighted by molar-refractivity contribution is -0.120. The van der Waals surface area contributed by atoms with Crippen LogP contribution in [0.15, 0.2) is 27.4 Å². The molecular weight excluding hydrogens is 234 g/mol. The second-order valence-electron chi connectivity index (χ2n) is 4.04. The van der Waals surface area contributed by atoms with E-state index >= 15 is 0 Å². The van der Waals surface area contributed by atoms with Crippen LogP contribution in [0.25, 0.3) is 11.1 Å². The first-order valence-corrected chi connectivity index (χ1v) is 5.61. The van der Waals surface area contributed by atoms with Crippen LogP contribution >= 0.6 is 0 Å². The number of hydrogen-bond donors (Lipinski definition) is 2. The summed E-state index contributed by atoms with van der Waals surface area (Å²) >= 11 is 0. The summed E-state index contributed by atoms with van der Waals surface area (Å²) in [4.78, 5) is 22.6. The summed E-state index contributed by atoms with van der Waals surface area (Å²) in [7, 11) is 3.37. The fourth-order valence-corrected chi connectivity index (χ4v) is 1.71. The van der Waals surface area contributed by atoms with Crippen LogP contribution in [0.3, 0.4) is 0 Å². The van der Waals surface area contributed by atoms with Crippen LogP contribution in [-0.4, -0.2) is 24.1 Å². The summed E-state index contributed by atoms with van der Waals surface area (Å²) in [5.41, 5.74) is 2.19. The van der Waals surface area contributed by atoms with E-state index in [1.807, 2.05) is 12.1 Å². The molecule has 1 aromatic carbocycles. The highest BCUT2D eigenvalue weighted by atomic mass is 16.4. The van der Waals surface area contributed by atoms with E-state index in [1.165, 1.54) is 4.57 Å². The van der Waals surface area contributed by atoms with Crippen molar-refractivity contribution in [3.05, 3.63) is 34.3 Å². The zero-order valence-electron chi connectivity index (χ0n) is 10.3. The number of hydrogen-bond acceptors (Lipinski definition) is 4. The maximum absolute atomic E-state index is 11.3. The summed E-state index contributed by atoms with van der Waals surface area (Å²) in [6, 6.07) is 5.39.